The van der Waals surface area contributed by atoms with E-state index >= 15 is 0 Å². The number of carbonyl (C=O) groups excluding carboxylic acids is 2. The summed E-state index contributed by atoms with van der Waals surface area (Å²) in [6.07, 6.45) is 0. The highest BCUT2D eigenvalue weighted by molar-refractivity contribution is 6.39. The first-order chi connectivity index (χ1) is 7.00. The molecular formula is C8H7N3O4. The second kappa shape index (κ2) is 4.18. The Kier molecular flexibility index (Phi) is 2.97. The summed E-state index contributed by atoms with van der Waals surface area (Å²) >= 11 is 0. The fraction of sp³-hybridized carbons (Fsp3) is 0. The third-order valence-corrected chi connectivity index (χ3v) is 1.54. The highest BCUT2D eigenvalue weighted by Gasteiger charge is 2.11. The van der Waals surface area contributed by atoms with E-state index in [0.29, 0.717) is 0 Å². The zero-order chi connectivity index (χ0) is 11.4. The van der Waals surface area contributed by atoms with Crippen LogP contribution in [0.15, 0.2) is 24.3 Å². The van der Waals surface area contributed by atoms with Crippen molar-refractivity contribution in [2.24, 2.45) is 5.73 Å². The zero-order valence-corrected chi connectivity index (χ0v) is 7.47. The van der Waals surface area contributed by atoms with Crippen molar-refractivity contribution < 1.29 is 14.5 Å². The van der Waals surface area contributed by atoms with Crippen LogP contribution in [0.2, 0.25) is 0 Å². The van der Waals surface area contributed by atoms with Gasteiger partial charge in [-0.05, 0) is 6.07 Å². The minimum Gasteiger partial charge on any atom is -0.361 e. The topological polar surface area (TPSA) is 115 Å². The van der Waals surface area contributed by atoms with Crippen LogP contribution in [-0.4, -0.2) is 16.7 Å². The number of nitro benzene ring substituents is 1. The van der Waals surface area contributed by atoms with Gasteiger partial charge in [0, 0.05) is 17.8 Å². The number of nitrogens with two attached hydrogens (primary N) is 1. The van der Waals surface area contributed by atoms with E-state index in [9.17, 15) is 19.7 Å². The Labute approximate surface area is 84.0 Å². The SMILES string of the molecule is NC(=O)C(=O)Nc1cccc([N+](=O)[O-])c1. The number of nitrogens with zero attached hydrogens (tertiary/aromatic N) is 1. The van der Waals surface area contributed by atoms with Crippen molar-refractivity contribution in [2.45, 2.75) is 0 Å². The number of nitrogens with one attached hydrogen (secondary N) is 1. The van der Waals surface area contributed by atoms with E-state index in [-0.39, 0.29) is 11.4 Å². The molecule has 3 N–H and O–H groups in total. The van der Waals surface area contributed by atoms with Gasteiger partial charge in [-0.3, -0.25) is 19.7 Å². The number of amides is 2. The summed E-state index contributed by atoms with van der Waals surface area (Å²) < 4.78 is 0. The molecular weight excluding hydrogens is 202 g/mol. The fourth-order valence-corrected chi connectivity index (χ4v) is 0.890. The lowest BCUT2D eigenvalue weighted by atomic mass is 10.3. The molecule has 0 heterocycles. The van der Waals surface area contributed by atoms with Gasteiger partial charge in [0.15, 0.2) is 0 Å². The van der Waals surface area contributed by atoms with Crippen LogP contribution in [0, 0.1) is 10.1 Å². The van der Waals surface area contributed by atoms with Gasteiger partial charge in [0.2, 0.25) is 0 Å². The van der Waals surface area contributed by atoms with Crippen molar-refractivity contribution >= 4 is 23.2 Å². The molecule has 0 aromatic heterocycles. The number of hydrogen-bond acceptors (Lipinski definition) is 4. The lowest BCUT2D eigenvalue weighted by Gasteiger charge is -2.01. The summed E-state index contributed by atoms with van der Waals surface area (Å²) in [5.41, 5.74) is 4.66. The van der Waals surface area contributed by atoms with Crippen molar-refractivity contribution in [3.8, 4) is 0 Å². The van der Waals surface area contributed by atoms with Crippen molar-refractivity contribution in [1.82, 2.24) is 0 Å². The summed E-state index contributed by atoms with van der Waals surface area (Å²) in [6, 6.07) is 5.18. The Balaban J connectivity index is 2.87. The van der Waals surface area contributed by atoms with Crippen molar-refractivity contribution in [3.63, 3.8) is 0 Å². The quantitative estimate of drug-likeness (QED) is 0.405. The maximum Gasteiger partial charge on any atom is 0.313 e. The lowest BCUT2D eigenvalue weighted by molar-refractivity contribution is -0.384. The van der Waals surface area contributed by atoms with Gasteiger partial charge < -0.3 is 11.1 Å². The molecule has 0 saturated heterocycles. The van der Waals surface area contributed by atoms with E-state index in [2.05, 4.69) is 5.32 Å². The first-order valence-corrected chi connectivity index (χ1v) is 3.86. The van der Waals surface area contributed by atoms with Gasteiger partial charge in [0.05, 0.1) is 4.92 Å². The smallest absolute Gasteiger partial charge is 0.313 e. The number of anilines is 1. The molecule has 0 saturated carbocycles. The van der Waals surface area contributed by atoms with Crippen LogP contribution in [0.1, 0.15) is 0 Å². The Bertz CT molecular complexity index is 430. The van der Waals surface area contributed by atoms with Crippen LogP contribution in [0.25, 0.3) is 0 Å². The molecule has 0 radical (unpaired) electrons. The fourth-order valence-electron chi connectivity index (χ4n) is 0.890. The molecule has 1 aromatic rings. The Morgan fingerprint density at radius 1 is 1.40 bits per heavy atom. The number of carbonyl (C=O) groups is 2. The predicted molar refractivity (Wildman–Crippen MR) is 50.9 cm³/mol. The van der Waals surface area contributed by atoms with Crippen LogP contribution in [0.3, 0.4) is 0 Å². The molecule has 0 aliphatic rings. The Hall–Kier alpha value is -2.44. The maximum absolute atomic E-state index is 10.8. The third kappa shape index (κ3) is 2.76. The first kappa shape index (κ1) is 10.6. The molecule has 7 nitrogen and oxygen atoms in total. The van der Waals surface area contributed by atoms with Crippen molar-refractivity contribution in [3.05, 3.63) is 34.4 Å². The van der Waals surface area contributed by atoms with Gasteiger partial charge in [-0.2, -0.15) is 0 Å². The Morgan fingerprint density at radius 2 is 2.07 bits per heavy atom. The highest BCUT2D eigenvalue weighted by atomic mass is 16.6. The van der Waals surface area contributed by atoms with Crippen LogP contribution < -0.4 is 11.1 Å². The summed E-state index contributed by atoms with van der Waals surface area (Å²) in [5.74, 6) is -2.17. The van der Waals surface area contributed by atoms with E-state index in [4.69, 9.17) is 5.73 Å². The predicted octanol–water partition coefficient (Wildman–Crippen LogP) is 0.0186. The molecule has 0 spiro atoms. The monoisotopic (exact) mass is 209 g/mol. The molecule has 1 rings (SSSR count). The van der Waals surface area contributed by atoms with E-state index in [0.717, 1.165) is 6.07 Å². The second-order valence-electron chi connectivity index (χ2n) is 2.63. The molecule has 0 fully saturated rings. The molecule has 0 aliphatic carbocycles. The average molecular weight is 209 g/mol. The van der Waals surface area contributed by atoms with Gasteiger partial charge in [0.25, 0.3) is 5.69 Å². The van der Waals surface area contributed by atoms with Crippen LogP contribution in [0.5, 0.6) is 0 Å². The zero-order valence-electron chi connectivity index (χ0n) is 7.47. The summed E-state index contributed by atoms with van der Waals surface area (Å²) in [6.45, 7) is 0. The van der Waals surface area contributed by atoms with Crippen LogP contribution in [0.4, 0.5) is 11.4 Å². The van der Waals surface area contributed by atoms with Gasteiger partial charge >= 0.3 is 11.8 Å². The van der Waals surface area contributed by atoms with Crippen LogP contribution >= 0.6 is 0 Å². The average Bonchev–Trinajstić information content (AvgIpc) is 2.18. The van der Waals surface area contributed by atoms with E-state index < -0.39 is 16.7 Å². The van der Waals surface area contributed by atoms with Gasteiger partial charge in [-0.25, -0.2) is 0 Å². The molecule has 2 amide bonds. The number of hydrogen-bond donors (Lipinski definition) is 2. The maximum atomic E-state index is 10.8. The number of primary amides is 1. The number of benzene rings is 1. The number of rotatable bonds is 2. The van der Waals surface area contributed by atoms with Crippen LogP contribution in [-0.2, 0) is 9.59 Å². The highest BCUT2D eigenvalue weighted by Crippen LogP contribution is 2.16. The van der Waals surface area contributed by atoms with Gasteiger partial charge in [-0.15, -0.1) is 0 Å². The van der Waals surface area contributed by atoms with Crippen molar-refractivity contribution in [1.29, 1.82) is 0 Å². The molecule has 0 bridgehead atoms. The largest absolute Gasteiger partial charge is 0.361 e. The molecule has 0 aliphatic heterocycles. The third-order valence-electron chi connectivity index (χ3n) is 1.54. The molecule has 7 heteroatoms. The summed E-state index contributed by atoms with van der Waals surface area (Å²) in [4.78, 5) is 31.0. The van der Waals surface area contributed by atoms with Crippen molar-refractivity contribution in [2.75, 3.05) is 5.32 Å². The minimum atomic E-state index is -1.15. The van der Waals surface area contributed by atoms with Gasteiger partial charge in [-0.1, -0.05) is 6.07 Å². The molecule has 0 unspecified atom stereocenters. The Morgan fingerprint density at radius 3 is 2.60 bits per heavy atom. The number of non-ortho nitro benzene ring substituents is 1. The molecule has 1 aromatic carbocycles. The lowest BCUT2D eigenvalue weighted by Crippen LogP contribution is -2.29. The number of nitro groups is 1. The molecule has 78 valence electrons. The normalized spacial score (nSPS) is 9.33. The van der Waals surface area contributed by atoms with E-state index in [1.165, 1.54) is 18.2 Å². The second-order valence-corrected chi connectivity index (χ2v) is 2.63. The minimum absolute atomic E-state index is 0.146. The standard InChI is InChI=1S/C8H7N3O4/c9-7(12)8(13)10-5-2-1-3-6(4-5)11(14)15/h1-4H,(H2,9,12)(H,10,13). The first-order valence-electron chi connectivity index (χ1n) is 3.86. The van der Waals surface area contributed by atoms with Gasteiger partial charge in [0.1, 0.15) is 0 Å². The molecule has 15 heavy (non-hydrogen) atoms. The van der Waals surface area contributed by atoms with E-state index in [1.807, 2.05) is 0 Å². The summed E-state index contributed by atoms with van der Waals surface area (Å²) in [5, 5.41) is 12.5. The molecule has 0 atom stereocenters. The van der Waals surface area contributed by atoms with E-state index in [1.54, 1.807) is 0 Å². The summed E-state index contributed by atoms with van der Waals surface area (Å²) in [7, 11) is 0.